The summed E-state index contributed by atoms with van der Waals surface area (Å²) < 4.78 is 4.71. The molecule has 0 spiro atoms. The van der Waals surface area contributed by atoms with Crippen LogP contribution in [-0.4, -0.2) is 18.6 Å². The van der Waals surface area contributed by atoms with Gasteiger partial charge in [0.15, 0.2) is 0 Å². The molecule has 0 heterocycles. The fourth-order valence-corrected chi connectivity index (χ4v) is 1.48. The third kappa shape index (κ3) is 8.39. The van der Waals surface area contributed by atoms with Crippen molar-refractivity contribution in [3.8, 4) is 0 Å². The van der Waals surface area contributed by atoms with Crippen LogP contribution in [0.15, 0.2) is 12.2 Å². The van der Waals surface area contributed by atoms with Crippen LogP contribution in [0.5, 0.6) is 0 Å². The summed E-state index contributed by atoms with van der Waals surface area (Å²) in [6, 6.07) is -2.30. The Balaban J connectivity index is 3.51. The SMILES string of the molecule is CC=CC(=O)OCC[Si](Cl)(Cl)Cl. The Morgan fingerprint density at radius 3 is 2.50 bits per heavy atom. The molecular formula is C6H9Cl3O2Si. The highest BCUT2D eigenvalue weighted by Crippen LogP contribution is 2.24. The average molecular weight is 248 g/mol. The number of halogens is 3. The van der Waals surface area contributed by atoms with E-state index in [0.717, 1.165) is 0 Å². The minimum absolute atomic E-state index is 0.173. The van der Waals surface area contributed by atoms with E-state index in [1.807, 2.05) is 0 Å². The number of hydrogen-bond donors (Lipinski definition) is 0. The number of allylic oxidation sites excluding steroid dienone is 1. The topological polar surface area (TPSA) is 26.3 Å². The molecule has 0 aliphatic carbocycles. The molecule has 2 nitrogen and oxygen atoms in total. The minimum Gasteiger partial charge on any atom is -0.463 e. The summed E-state index contributed by atoms with van der Waals surface area (Å²) in [5.74, 6) is -0.402. The van der Waals surface area contributed by atoms with E-state index in [-0.39, 0.29) is 6.61 Å². The summed E-state index contributed by atoms with van der Waals surface area (Å²) in [6.07, 6.45) is 2.91. The zero-order chi connectivity index (χ0) is 9.61. The summed E-state index contributed by atoms with van der Waals surface area (Å²) in [7, 11) is 0. The van der Waals surface area contributed by atoms with Crippen molar-refractivity contribution >= 4 is 45.2 Å². The van der Waals surface area contributed by atoms with Gasteiger partial charge in [-0.25, -0.2) is 4.79 Å². The summed E-state index contributed by atoms with van der Waals surface area (Å²) >= 11 is 16.7. The van der Waals surface area contributed by atoms with Gasteiger partial charge in [-0.3, -0.25) is 0 Å². The summed E-state index contributed by atoms with van der Waals surface area (Å²) in [5.41, 5.74) is 0. The van der Waals surface area contributed by atoms with E-state index < -0.39 is 12.0 Å². The van der Waals surface area contributed by atoms with Crippen molar-refractivity contribution in [1.82, 2.24) is 0 Å². The zero-order valence-corrected chi connectivity index (χ0v) is 9.79. The van der Waals surface area contributed by atoms with Gasteiger partial charge in [0.05, 0.1) is 6.61 Å². The lowest BCUT2D eigenvalue weighted by molar-refractivity contribution is -0.137. The highest BCUT2D eigenvalue weighted by Gasteiger charge is 2.24. The second-order valence-corrected chi connectivity index (χ2v) is 11.3. The van der Waals surface area contributed by atoms with Gasteiger partial charge in [-0.2, -0.15) is 0 Å². The van der Waals surface area contributed by atoms with Crippen LogP contribution in [0.25, 0.3) is 0 Å². The van der Waals surface area contributed by atoms with E-state index in [0.29, 0.717) is 6.04 Å². The number of rotatable bonds is 4. The third-order valence-corrected chi connectivity index (χ3v) is 3.40. The molecule has 0 rings (SSSR count). The second kappa shape index (κ2) is 5.86. The maximum absolute atomic E-state index is 10.7. The van der Waals surface area contributed by atoms with Crippen molar-refractivity contribution in [3.05, 3.63) is 12.2 Å². The van der Waals surface area contributed by atoms with Crippen LogP contribution in [0.3, 0.4) is 0 Å². The first kappa shape index (κ1) is 12.3. The van der Waals surface area contributed by atoms with Gasteiger partial charge in [0.2, 0.25) is 0 Å². The smallest absolute Gasteiger partial charge is 0.344 e. The van der Waals surface area contributed by atoms with E-state index in [1.54, 1.807) is 13.0 Å². The highest BCUT2D eigenvalue weighted by molar-refractivity contribution is 7.64. The van der Waals surface area contributed by atoms with Crippen LogP contribution < -0.4 is 0 Å². The van der Waals surface area contributed by atoms with Gasteiger partial charge in [0.1, 0.15) is 0 Å². The van der Waals surface area contributed by atoms with Crippen LogP contribution in [0.4, 0.5) is 0 Å². The Morgan fingerprint density at radius 1 is 1.50 bits per heavy atom. The Bertz CT molecular complexity index is 176. The summed E-state index contributed by atoms with van der Waals surface area (Å²) in [5, 5.41) is 0. The largest absolute Gasteiger partial charge is 0.463 e. The molecule has 70 valence electrons. The van der Waals surface area contributed by atoms with E-state index in [2.05, 4.69) is 0 Å². The first-order valence-electron chi connectivity index (χ1n) is 3.32. The van der Waals surface area contributed by atoms with Gasteiger partial charge in [-0.15, -0.1) is 33.2 Å². The summed E-state index contributed by atoms with van der Waals surface area (Å²) in [6.45, 7) is 1.90. The molecule has 0 aliphatic rings. The summed E-state index contributed by atoms with van der Waals surface area (Å²) in [4.78, 5) is 10.7. The maximum Gasteiger partial charge on any atom is 0.344 e. The van der Waals surface area contributed by atoms with Gasteiger partial charge in [0, 0.05) is 12.1 Å². The molecule has 0 saturated heterocycles. The normalized spacial score (nSPS) is 12.0. The van der Waals surface area contributed by atoms with Crippen molar-refractivity contribution in [3.63, 3.8) is 0 Å². The van der Waals surface area contributed by atoms with Gasteiger partial charge < -0.3 is 4.74 Å². The minimum atomic E-state index is -2.63. The molecule has 0 N–H and O–H groups in total. The molecule has 0 saturated carbocycles. The number of esters is 1. The van der Waals surface area contributed by atoms with Crippen LogP contribution in [0.1, 0.15) is 6.92 Å². The molecule has 0 aromatic heterocycles. The fraction of sp³-hybridized carbons (Fsp3) is 0.500. The first-order chi connectivity index (χ1) is 5.45. The van der Waals surface area contributed by atoms with E-state index in [4.69, 9.17) is 38.0 Å². The van der Waals surface area contributed by atoms with Crippen LogP contribution >= 0.6 is 33.2 Å². The lowest BCUT2D eigenvalue weighted by Gasteiger charge is -2.06. The highest BCUT2D eigenvalue weighted by atomic mass is 35.8. The number of carbonyl (C=O) groups excluding carboxylic acids is 1. The van der Waals surface area contributed by atoms with Crippen molar-refractivity contribution in [2.45, 2.75) is 13.0 Å². The quantitative estimate of drug-likeness (QED) is 0.330. The zero-order valence-electron chi connectivity index (χ0n) is 6.52. The molecule has 6 heteroatoms. The lowest BCUT2D eigenvalue weighted by atomic mass is 10.5. The van der Waals surface area contributed by atoms with Crippen LogP contribution in [-0.2, 0) is 9.53 Å². The van der Waals surface area contributed by atoms with E-state index in [9.17, 15) is 4.79 Å². The van der Waals surface area contributed by atoms with Crippen LogP contribution in [0.2, 0.25) is 6.04 Å². The molecule has 0 amide bonds. The Kier molecular flexibility index (Phi) is 6.00. The molecule has 0 aromatic rings. The Morgan fingerprint density at radius 2 is 2.08 bits per heavy atom. The van der Waals surface area contributed by atoms with Crippen molar-refractivity contribution in [1.29, 1.82) is 0 Å². The molecule has 0 aliphatic heterocycles. The third-order valence-electron chi connectivity index (χ3n) is 0.933. The van der Waals surface area contributed by atoms with E-state index >= 15 is 0 Å². The van der Waals surface area contributed by atoms with Gasteiger partial charge in [-0.1, -0.05) is 6.08 Å². The molecule has 0 radical (unpaired) electrons. The van der Waals surface area contributed by atoms with Crippen molar-refractivity contribution in [2.24, 2.45) is 0 Å². The monoisotopic (exact) mass is 246 g/mol. The van der Waals surface area contributed by atoms with Crippen molar-refractivity contribution < 1.29 is 9.53 Å². The van der Waals surface area contributed by atoms with E-state index in [1.165, 1.54) is 6.08 Å². The number of ether oxygens (including phenoxy) is 1. The molecule has 0 atom stereocenters. The molecule has 0 aromatic carbocycles. The number of carbonyl (C=O) groups is 1. The predicted molar refractivity (Wildman–Crippen MR) is 53.9 cm³/mol. The maximum atomic E-state index is 10.7. The van der Waals surface area contributed by atoms with Gasteiger partial charge in [0.25, 0.3) is 0 Å². The van der Waals surface area contributed by atoms with Crippen molar-refractivity contribution in [2.75, 3.05) is 6.61 Å². The Labute approximate surface area is 86.6 Å². The lowest BCUT2D eigenvalue weighted by Crippen LogP contribution is -2.14. The van der Waals surface area contributed by atoms with Gasteiger partial charge >= 0.3 is 12.0 Å². The second-order valence-electron chi connectivity index (χ2n) is 2.03. The molecular weight excluding hydrogens is 239 g/mol. The molecule has 12 heavy (non-hydrogen) atoms. The first-order valence-corrected chi connectivity index (χ1v) is 8.56. The standard InChI is InChI=1S/C6H9Cl3O2Si/c1-2-3-6(10)11-4-5-12(7,8)9/h2-3H,4-5H2,1H3. The Hall–Kier alpha value is 0.297. The fourth-order valence-electron chi connectivity index (χ4n) is 0.452. The van der Waals surface area contributed by atoms with Crippen LogP contribution in [0, 0.1) is 0 Å². The molecule has 0 bridgehead atoms. The van der Waals surface area contributed by atoms with Gasteiger partial charge in [-0.05, 0) is 6.92 Å². The predicted octanol–water partition coefficient (Wildman–Crippen LogP) is 2.76. The molecule has 0 fully saturated rings. The number of hydrogen-bond acceptors (Lipinski definition) is 2. The molecule has 0 unspecified atom stereocenters. The average Bonchev–Trinajstić information content (AvgIpc) is 1.84.